The fourth-order valence-electron chi connectivity index (χ4n) is 2.84. The highest BCUT2D eigenvalue weighted by atomic mass is 16.3. The minimum absolute atomic E-state index is 0.324. The van der Waals surface area contributed by atoms with Crippen LogP contribution in [0.15, 0.2) is 24.3 Å². The van der Waals surface area contributed by atoms with Crippen molar-refractivity contribution >= 4 is 11.0 Å². The third-order valence-corrected chi connectivity index (χ3v) is 3.76. The molecule has 1 atom stereocenters. The fourth-order valence-corrected chi connectivity index (χ4v) is 2.84. The summed E-state index contributed by atoms with van der Waals surface area (Å²) in [6, 6.07) is 8.57. The number of aryl methyl sites for hydroxylation is 2. The maximum Gasteiger partial charge on any atom is 0.109 e. The van der Waals surface area contributed by atoms with Gasteiger partial charge in [0, 0.05) is 19.5 Å². The first-order valence-electron chi connectivity index (χ1n) is 7.73. The van der Waals surface area contributed by atoms with Crippen molar-refractivity contribution in [3.05, 3.63) is 30.1 Å². The van der Waals surface area contributed by atoms with Crippen LogP contribution in [-0.4, -0.2) is 32.8 Å². The van der Waals surface area contributed by atoms with Crippen molar-refractivity contribution in [2.75, 3.05) is 6.54 Å². The first kappa shape index (κ1) is 16.0. The van der Waals surface area contributed by atoms with Crippen LogP contribution in [0.4, 0.5) is 0 Å². The number of fused-ring (bicyclic) bond motifs is 1. The van der Waals surface area contributed by atoms with Crippen LogP contribution in [0.1, 0.15) is 39.4 Å². The quantitative estimate of drug-likeness (QED) is 0.770. The molecule has 1 heterocycles. The summed E-state index contributed by atoms with van der Waals surface area (Å²) in [5, 5.41) is 13.3. The Kier molecular flexibility index (Phi) is 5.01. The Balaban J connectivity index is 1.81. The molecule has 1 aromatic carbocycles. The highest BCUT2D eigenvalue weighted by molar-refractivity contribution is 5.75. The Morgan fingerprint density at radius 3 is 2.71 bits per heavy atom. The third kappa shape index (κ3) is 4.55. The van der Waals surface area contributed by atoms with E-state index < -0.39 is 5.60 Å². The van der Waals surface area contributed by atoms with E-state index in [0.29, 0.717) is 6.04 Å². The average Bonchev–Trinajstić information content (AvgIpc) is 2.70. The van der Waals surface area contributed by atoms with Crippen LogP contribution in [0, 0.1) is 0 Å². The van der Waals surface area contributed by atoms with E-state index in [-0.39, 0.29) is 0 Å². The lowest BCUT2D eigenvalue weighted by Crippen LogP contribution is -2.35. The molecule has 21 heavy (non-hydrogen) atoms. The summed E-state index contributed by atoms with van der Waals surface area (Å²) in [4.78, 5) is 4.68. The SMILES string of the molecule is C[C@H](CC(C)(C)O)NCCCc1nc2ccccc2n1C. The van der Waals surface area contributed by atoms with Crippen LogP contribution >= 0.6 is 0 Å². The van der Waals surface area contributed by atoms with Gasteiger partial charge in [0.2, 0.25) is 0 Å². The monoisotopic (exact) mass is 289 g/mol. The van der Waals surface area contributed by atoms with Crippen LogP contribution < -0.4 is 5.32 Å². The number of rotatable bonds is 7. The standard InChI is InChI=1S/C17H27N3O/c1-13(12-17(2,3)21)18-11-7-10-16-19-14-8-5-6-9-15(14)20(16)4/h5-6,8-9,13,18,21H,7,10-12H2,1-4H3/t13-/m1/s1. The molecule has 0 radical (unpaired) electrons. The van der Waals surface area contributed by atoms with Crippen molar-refractivity contribution in [3.63, 3.8) is 0 Å². The van der Waals surface area contributed by atoms with Gasteiger partial charge in [-0.05, 0) is 52.3 Å². The molecule has 0 spiro atoms. The molecule has 0 fully saturated rings. The summed E-state index contributed by atoms with van der Waals surface area (Å²) < 4.78 is 2.18. The smallest absolute Gasteiger partial charge is 0.109 e. The largest absolute Gasteiger partial charge is 0.390 e. The van der Waals surface area contributed by atoms with Crippen LogP contribution in [0.5, 0.6) is 0 Å². The Labute approximate surface area is 127 Å². The minimum Gasteiger partial charge on any atom is -0.390 e. The number of para-hydroxylation sites is 2. The maximum atomic E-state index is 9.79. The summed E-state index contributed by atoms with van der Waals surface area (Å²) >= 11 is 0. The maximum absolute atomic E-state index is 9.79. The Morgan fingerprint density at radius 2 is 2.05 bits per heavy atom. The number of aliphatic hydroxyl groups is 1. The van der Waals surface area contributed by atoms with Crippen LogP contribution in [0.2, 0.25) is 0 Å². The molecule has 0 saturated carbocycles. The molecular formula is C17H27N3O. The van der Waals surface area contributed by atoms with Gasteiger partial charge in [-0.3, -0.25) is 0 Å². The van der Waals surface area contributed by atoms with E-state index in [9.17, 15) is 5.11 Å². The normalized spacial score (nSPS) is 13.8. The molecule has 2 aromatic rings. The van der Waals surface area contributed by atoms with Crippen molar-refractivity contribution in [1.82, 2.24) is 14.9 Å². The van der Waals surface area contributed by atoms with Crippen LogP contribution in [0.3, 0.4) is 0 Å². The number of hydrogen-bond donors (Lipinski definition) is 2. The van der Waals surface area contributed by atoms with E-state index in [4.69, 9.17) is 0 Å². The number of imidazole rings is 1. The lowest BCUT2D eigenvalue weighted by Gasteiger charge is -2.22. The van der Waals surface area contributed by atoms with Crippen molar-refractivity contribution in [2.45, 2.75) is 51.7 Å². The molecule has 116 valence electrons. The van der Waals surface area contributed by atoms with Gasteiger partial charge in [0.1, 0.15) is 5.82 Å². The zero-order valence-electron chi connectivity index (χ0n) is 13.6. The highest BCUT2D eigenvalue weighted by Gasteiger charge is 2.16. The highest BCUT2D eigenvalue weighted by Crippen LogP contribution is 2.15. The van der Waals surface area contributed by atoms with E-state index in [1.165, 1.54) is 5.52 Å². The molecule has 0 unspecified atom stereocenters. The van der Waals surface area contributed by atoms with Crippen molar-refractivity contribution in [2.24, 2.45) is 7.05 Å². The van der Waals surface area contributed by atoms with Gasteiger partial charge in [0.25, 0.3) is 0 Å². The molecular weight excluding hydrogens is 262 g/mol. The zero-order valence-corrected chi connectivity index (χ0v) is 13.6. The molecule has 0 aliphatic rings. The topological polar surface area (TPSA) is 50.1 Å². The lowest BCUT2D eigenvalue weighted by atomic mass is 10.0. The van der Waals surface area contributed by atoms with Crippen molar-refractivity contribution < 1.29 is 5.11 Å². The fraction of sp³-hybridized carbons (Fsp3) is 0.588. The number of nitrogens with one attached hydrogen (secondary N) is 1. The third-order valence-electron chi connectivity index (χ3n) is 3.76. The van der Waals surface area contributed by atoms with Crippen LogP contribution in [-0.2, 0) is 13.5 Å². The van der Waals surface area contributed by atoms with Gasteiger partial charge in [-0.2, -0.15) is 0 Å². The number of benzene rings is 1. The predicted molar refractivity (Wildman–Crippen MR) is 87.4 cm³/mol. The molecule has 0 saturated heterocycles. The van der Waals surface area contributed by atoms with E-state index >= 15 is 0 Å². The van der Waals surface area contributed by atoms with E-state index in [0.717, 1.165) is 37.1 Å². The zero-order chi connectivity index (χ0) is 15.5. The number of aromatic nitrogens is 2. The van der Waals surface area contributed by atoms with Crippen molar-refractivity contribution in [1.29, 1.82) is 0 Å². The van der Waals surface area contributed by atoms with Gasteiger partial charge in [-0.25, -0.2) is 4.98 Å². The first-order chi connectivity index (χ1) is 9.87. The summed E-state index contributed by atoms with van der Waals surface area (Å²) in [5.74, 6) is 1.13. The molecule has 1 aromatic heterocycles. The van der Waals surface area contributed by atoms with Crippen LogP contribution in [0.25, 0.3) is 11.0 Å². The van der Waals surface area contributed by atoms with Gasteiger partial charge in [-0.15, -0.1) is 0 Å². The molecule has 4 heteroatoms. The molecule has 0 bridgehead atoms. The molecule has 2 rings (SSSR count). The second-order valence-electron chi connectivity index (χ2n) is 6.55. The molecule has 0 aliphatic carbocycles. The van der Waals surface area contributed by atoms with Gasteiger partial charge in [0.05, 0.1) is 16.6 Å². The molecule has 2 N–H and O–H groups in total. The Bertz CT molecular complexity index is 583. The molecule has 4 nitrogen and oxygen atoms in total. The van der Waals surface area contributed by atoms with Gasteiger partial charge in [-0.1, -0.05) is 12.1 Å². The predicted octanol–water partition coefficient (Wildman–Crippen LogP) is 2.65. The summed E-state index contributed by atoms with van der Waals surface area (Å²) in [6.07, 6.45) is 2.78. The molecule has 0 amide bonds. The second kappa shape index (κ2) is 6.58. The number of hydrogen-bond acceptors (Lipinski definition) is 3. The molecule has 0 aliphatic heterocycles. The van der Waals surface area contributed by atoms with Crippen molar-refractivity contribution in [3.8, 4) is 0 Å². The lowest BCUT2D eigenvalue weighted by molar-refractivity contribution is 0.0613. The van der Waals surface area contributed by atoms with Gasteiger partial charge in [0.15, 0.2) is 0 Å². The van der Waals surface area contributed by atoms with E-state index in [1.807, 2.05) is 26.0 Å². The number of nitrogens with zero attached hydrogens (tertiary/aromatic N) is 2. The summed E-state index contributed by atoms with van der Waals surface area (Å²) in [6.45, 7) is 6.77. The summed E-state index contributed by atoms with van der Waals surface area (Å²) in [5.41, 5.74) is 1.65. The Morgan fingerprint density at radius 1 is 1.33 bits per heavy atom. The first-order valence-corrected chi connectivity index (χ1v) is 7.73. The van der Waals surface area contributed by atoms with E-state index in [1.54, 1.807) is 0 Å². The second-order valence-corrected chi connectivity index (χ2v) is 6.55. The van der Waals surface area contributed by atoms with E-state index in [2.05, 4.69) is 41.0 Å². The average molecular weight is 289 g/mol. The van der Waals surface area contributed by atoms with Gasteiger partial charge >= 0.3 is 0 Å². The Hall–Kier alpha value is -1.39. The summed E-state index contributed by atoms with van der Waals surface area (Å²) in [7, 11) is 2.08. The van der Waals surface area contributed by atoms with Gasteiger partial charge < -0.3 is 15.0 Å². The minimum atomic E-state index is -0.607.